The molecule has 1 saturated heterocycles. The maximum absolute atomic E-state index is 12.9. The number of benzene rings is 1. The first kappa shape index (κ1) is 20.1. The van der Waals surface area contributed by atoms with Gasteiger partial charge >= 0.3 is 0 Å². The second-order valence-corrected chi connectivity index (χ2v) is 8.80. The average molecular weight is 401 g/mol. The molecule has 2 heterocycles. The van der Waals surface area contributed by atoms with E-state index >= 15 is 0 Å². The van der Waals surface area contributed by atoms with Crippen molar-refractivity contribution < 1.29 is 13.2 Å². The molecule has 0 saturated carbocycles. The molecule has 1 aliphatic heterocycles. The van der Waals surface area contributed by atoms with Crippen molar-refractivity contribution in [1.82, 2.24) is 13.8 Å². The van der Waals surface area contributed by atoms with E-state index in [0.29, 0.717) is 24.2 Å². The number of piperazine rings is 1. The lowest BCUT2D eigenvalue weighted by Gasteiger charge is -2.34. The summed E-state index contributed by atoms with van der Waals surface area (Å²) in [5, 5.41) is 8.86. The fourth-order valence-electron chi connectivity index (χ4n) is 3.66. The Morgan fingerprint density at radius 3 is 2.21 bits per heavy atom. The highest BCUT2D eigenvalue weighted by Gasteiger charge is 2.31. The van der Waals surface area contributed by atoms with E-state index in [1.165, 1.54) is 28.6 Å². The summed E-state index contributed by atoms with van der Waals surface area (Å²) in [5.41, 5.74) is 3.09. The summed E-state index contributed by atoms with van der Waals surface area (Å²) in [6.07, 6.45) is 0. The summed E-state index contributed by atoms with van der Waals surface area (Å²) in [7, 11) is -3.63. The zero-order chi connectivity index (χ0) is 20.5. The highest BCUT2D eigenvalue weighted by molar-refractivity contribution is 7.89. The van der Waals surface area contributed by atoms with Crippen LogP contribution in [0.3, 0.4) is 0 Å². The zero-order valence-corrected chi connectivity index (χ0v) is 17.2. The minimum absolute atomic E-state index is 0.0526. The molecule has 1 amide bonds. The van der Waals surface area contributed by atoms with Crippen molar-refractivity contribution in [2.24, 2.45) is 0 Å². The third-order valence-electron chi connectivity index (χ3n) is 5.27. The molecule has 0 unspecified atom stereocenters. The highest BCUT2D eigenvalue weighted by Crippen LogP contribution is 2.21. The fourth-order valence-corrected chi connectivity index (χ4v) is 5.08. The number of sulfonamides is 1. The van der Waals surface area contributed by atoms with Crippen LogP contribution in [0.15, 0.2) is 35.2 Å². The van der Waals surface area contributed by atoms with E-state index in [2.05, 4.69) is 4.57 Å². The molecule has 28 heavy (non-hydrogen) atoms. The van der Waals surface area contributed by atoms with E-state index in [1.807, 2.05) is 32.9 Å². The van der Waals surface area contributed by atoms with Gasteiger partial charge in [-0.15, -0.1) is 0 Å². The summed E-state index contributed by atoms with van der Waals surface area (Å²) in [6, 6.07) is 9.77. The largest absolute Gasteiger partial charge is 0.349 e. The van der Waals surface area contributed by atoms with Gasteiger partial charge in [0.1, 0.15) is 0 Å². The van der Waals surface area contributed by atoms with Crippen molar-refractivity contribution in [3.63, 3.8) is 0 Å². The Hall–Kier alpha value is -2.63. The number of aryl methyl sites for hydroxylation is 1. The molecule has 0 spiro atoms. The quantitative estimate of drug-likeness (QED) is 0.787. The van der Waals surface area contributed by atoms with Crippen molar-refractivity contribution in [3.05, 3.63) is 52.8 Å². The standard InChI is InChI=1S/C20H24N4O3S/c1-4-24-15(2)13-19(16(24)3)20(25)22-9-11-23(12-10-22)28(26,27)18-7-5-17(14-21)6-8-18/h5-8,13H,4,9-12H2,1-3H3. The van der Waals surface area contributed by atoms with E-state index in [9.17, 15) is 13.2 Å². The predicted octanol–water partition coefficient (Wildman–Crippen LogP) is 2.14. The Balaban J connectivity index is 1.71. The Labute approximate surface area is 165 Å². The number of nitrogens with zero attached hydrogens (tertiary/aromatic N) is 4. The van der Waals surface area contributed by atoms with Gasteiger partial charge in [-0.25, -0.2) is 8.42 Å². The van der Waals surface area contributed by atoms with Crippen molar-refractivity contribution in [1.29, 1.82) is 5.26 Å². The lowest BCUT2D eigenvalue weighted by Crippen LogP contribution is -2.50. The number of hydrogen-bond acceptors (Lipinski definition) is 4. The number of hydrogen-bond donors (Lipinski definition) is 0. The molecule has 0 aliphatic carbocycles. The van der Waals surface area contributed by atoms with Crippen molar-refractivity contribution >= 4 is 15.9 Å². The van der Waals surface area contributed by atoms with Crippen LogP contribution in [0.5, 0.6) is 0 Å². The van der Waals surface area contributed by atoms with Crippen LogP contribution >= 0.6 is 0 Å². The molecule has 0 bridgehead atoms. The van der Waals surface area contributed by atoms with Crippen molar-refractivity contribution in [2.45, 2.75) is 32.2 Å². The fraction of sp³-hybridized carbons (Fsp3) is 0.400. The van der Waals surface area contributed by atoms with Gasteiger partial charge < -0.3 is 9.47 Å². The van der Waals surface area contributed by atoms with Crippen LogP contribution in [0.25, 0.3) is 0 Å². The normalized spacial score (nSPS) is 15.4. The molecule has 0 radical (unpaired) electrons. The van der Waals surface area contributed by atoms with Gasteiger partial charge in [0.25, 0.3) is 5.91 Å². The van der Waals surface area contributed by atoms with E-state index < -0.39 is 10.0 Å². The lowest BCUT2D eigenvalue weighted by atomic mass is 10.2. The predicted molar refractivity (Wildman–Crippen MR) is 105 cm³/mol. The number of rotatable bonds is 4. The smallest absolute Gasteiger partial charge is 0.255 e. The van der Waals surface area contributed by atoms with Crippen LogP contribution in [-0.4, -0.2) is 54.3 Å². The Bertz CT molecular complexity index is 1020. The Morgan fingerprint density at radius 1 is 1.11 bits per heavy atom. The molecule has 1 aliphatic rings. The van der Waals surface area contributed by atoms with E-state index in [1.54, 1.807) is 4.90 Å². The third kappa shape index (κ3) is 3.55. The zero-order valence-electron chi connectivity index (χ0n) is 16.3. The minimum Gasteiger partial charge on any atom is -0.349 e. The monoisotopic (exact) mass is 400 g/mol. The van der Waals surface area contributed by atoms with Gasteiger partial charge in [0, 0.05) is 44.1 Å². The van der Waals surface area contributed by atoms with Gasteiger partial charge in [0.05, 0.1) is 22.1 Å². The molecule has 7 nitrogen and oxygen atoms in total. The van der Waals surface area contributed by atoms with Gasteiger partial charge in [0.2, 0.25) is 10.0 Å². The van der Waals surface area contributed by atoms with Gasteiger partial charge in [-0.1, -0.05) is 0 Å². The molecular formula is C20H24N4O3S. The maximum Gasteiger partial charge on any atom is 0.255 e. The van der Waals surface area contributed by atoms with Crippen LogP contribution in [0.1, 0.15) is 34.2 Å². The third-order valence-corrected chi connectivity index (χ3v) is 7.18. The average Bonchev–Trinajstić information content (AvgIpc) is 3.00. The topological polar surface area (TPSA) is 86.4 Å². The lowest BCUT2D eigenvalue weighted by molar-refractivity contribution is 0.0697. The molecule has 1 fully saturated rings. The number of carbonyl (C=O) groups excluding carboxylic acids is 1. The molecular weight excluding hydrogens is 376 g/mol. The summed E-state index contributed by atoms with van der Waals surface area (Å²) in [4.78, 5) is 14.8. The molecule has 1 aromatic heterocycles. The van der Waals surface area contributed by atoms with Crippen LogP contribution in [0.2, 0.25) is 0 Å². The first-order valence-corrected chi connectivity index (χ1v) is 10.7. The number of amides is 1. The number of aromatic nitrogens is 1. The minimum atomic E-state index is -3.63. The molecule has 8 heteroatoms. The maximum atomic E-state index is 12.9. The SMILES string of the molecule is CCn1c(C)cc(C(=O)N2CCN(S(=O)(=O)c3ccc(C#N)cc3)CC2)c1C. The summed E-state index contributed by atoms with van der Waals surface area (Å²) < 4.78 is 29.1. The van der Waals surface area contributed by atoms with Crippen LogP contribution < -0.4 is 0 Å². The number of nitriles is 1. The molecule has 1 aromatic carbocycles. The number of carbonyl (C=O) groups is 1. The molecule has 3 rings (SSSR count). The first-order chi connectivity index (χ1) is 13.3. The van der Waals surface area contributed by atoms with Crippen LogP contribution in [0, 0.1) is 25.2 Å². The summed E-state index contributed by atoms with van der Waals surface area (Å²) >= 11 is 0. The Morgan fingerprint density at radius 2 is 1.71 bits per heavy atom. The van der Waals surface area contributed by atoms with E-state index in [4.69, 9.17) is 5.26 Å². The van der Waals surface area contributed by atoms with Gasteiger partial charge in [-0.3, -0.25) is 4.79 Å². The first-order valence-electron chi connectivity index (χ1n) is 9.26. The molecule has 148 valence electrons. The second kappa shape index (κ2) is 7.78. The summed E-state index contributed by atoms with van der Waals surface area (Å²) in [6.45, 7) is 7.97. The molecule has 0 atom stereocenters. The Kier molecular flexibility index (Phi) is 5.59. The van der Waals surface area contributed by atoms with Gasteiger partial charge in [0.15, 0.2) is 0 Å². The second-order valence-electron chi connectivity index (χ2n) is 6.86. The van der Waals surface area contributed by atoms with Gasteiger partial charge in [-0.2, -0.15) is 9.57 Å². The van der Waals surface area contributed by atoms with Crippen LogP contribution in [-0.2, 0) is 16.6 Å². The van der Waals surface area contributed by atoms with Crippen molar-refractivity contribution in [2.75, 3.05) is 26.2 Å². The molecule has 0 N–H and O–H groups in total. The van der Waals surface area contributed by atoms with Gasteiger partial charge in [-0.05, 0) is 51.1 Å². The molecule has 2 aromatic rings. The summed E-state index contributed by atoms with van der Waals surface area (Å²) in [5.74, 6) is -0.0526. The highest BCUT2D eigenvalue weighted by atomic mass is 32.2. The van der Waals surface area contributed by atoms with Crippen molar-refractivity contribution in [3.8, 4) is 6.07 Å². The van der Waals surface area contributed by atoms with E-state index in [0.717, 1.165) is 17.9 Å². The van der Waals surface area contributed by atoms with Crippen LogP contribution in [0.4, 0.5) is 0 Å². The van der Waals surface area contributed by atoms with E-state index in [-0.39, 0.29) is 23.9 Å².